The first kappa shape index (κ1) is 18.0. The lowest BCUT2D eigenvalue weighted by molar-refractivity contribution is 0.190. The molecule has 0 saturated carbocycles. The smallest absolute Gasteiger partial charge is 0.404 e. The van der Waals surface area contributed by atoms with E-state index in [0.29, 0.717) is 23.6 Å². The minimum absolute atomic E-state index is 0.0247. The van der Waals surface area contributed by atoms with Gasteiger partial charge in [0.15, 0.2) is 5.82 Å². The van der Waals surface area contributed by atoms with Crippen LogP contribution in [0.1, 0.15) is 18.4 Å². The van der Waals surface area contributed by atoms with Gasteiger partial charge in [-0.3, -0.25) is 0 Å². The molecule has 26 heavy (non-hydrogen) atoms. The predicted octanol–water partition coefficient (Wildman–Crippen LogP) is 3.16. The lowest BCUT2D eigenvalue weighted by atomic mass is 10.1. The molecule has 3 aromatic heterocycles. The number of furan rings is 1. The van der Waals surface area contributed by atoms with Crippen molar-refractivity contribution in [2.45, 2.75) is 25.9 Å². The van der Waals surface area contributed by atoms with Crippen LogP contribution in [0.15, 0.2) is 22.8 Å². The molecule has 0 bridgehead atoms. The molecule has 0 radical (unpaired) electrons. The monoisotopic (exact) mass is 381 g/mol. The van der Waals surface area contributed by atoms with Crippen LogP contribution in [0.5, 0.6) is 0 Å². The maximum Gasteiger partial charge on any atom is 0.404 e. The van der Waals surface area contributed by atoms with Crippen molar-refractivity contribution in [3.05, 3.63) is 41.0 Å². The highest BCUT2D eigenvalue weighted by Gasteiger charge is 2.23. The summed E-state index contributed by atoms with van der Waals surface area (Å²) in [4.78, 5) is 19.0. The zero-order chi connectivity index (χ0) is 18.8. The van der Waals surface area contributed by atoms with Crippen LogP contribution >= 0.6 is 11.6 Å². The van der Waals surface area contributed by atoms with Crippen LogP contribution in [0.3, 0.4) is 0 Å². The number of rotatable bonds is 6. The standard InChI is InChI=1S/C16H17ClFN5O3/c1-8(20-16(24)25)6-10-12(18)11-13(19-7-9-4-3-5-26-9)21-15(17)22-14(11)23(10)2/h3-5,8,20H,6-7H2,1-2H3,(H,24,25)(H,19,21,22)/t8-/m0/s1. The summed E-state index contributed by atoms with van der Waals surface area (Å²) in [6.07, 6.45) is 0.526. The molecule has 10 heteroatoms. The number of nitrogens with one attached hydrogen (secondary N) is 2. The van der Waals surface area contributed by atoms with Gasteiger partial charge in [0, 0.05) is 19.5 Å². The Morgan fingerprint density at radius 2 is 2.27 bits per heavy atom. The molecule has 0 saturated heterocycles. The summed E-state index contributed by atoms with van der Waals surface area (Å²) in [5, 5.41) is 14.3. The van der Waals surface area contributed by atoms with Gasteiger partial charge in [0.05, 0.1) is 23.9 Å². The summed E-state index contributed by atoms with van der Waals surface area (Å²) in [7, 11) is 1.65. The number of fused-ring (bicyclic) bond motifs is 1. The first-order valence-corrected chi connectivity index (χ1v) is 8.20. The number of carbonyl (C=O) groups is 1. The van der Waals surface area contributed by atoms with Crippen molar-refractivity contribution in [2.75, 3.05) is 5.32 Å². The first-order chi connectivity index (χ1) is 12.4. The van der Waals surface area contributed by atoms with E-state index in [9.17, 15) is 4.79 Å². The maximum absolute atomic E-state index is 15.1. The van der Waals surface area contributed by atoms with E-state index < -0.39 is 18.0 Å². The Morgan fingerprint density at radius 3 is 2.92 bits per heavy atom. The van der Waals surface area contributed by atoms with Gasteiger partial charge in [-0.2, -0.15) is 9.97 Å². The van der Waals surface area contributed by atoms with E-state index in [1.165, 1.54) is 6.26 Å². The lowest BCUT2D eigenvalue weighted by Gasteiger charge is -2.11. The first-order valence-electron chi connectivity index (χ1n) is 7.82. The third-order valence-corrected chi connectivity index (χ3v) is 4.11. The van der Waals surface area contributed by atoms with Crippen LogP contribution in [0, 0.1) is 5.82 Å². The van der Waals surface area contributed by atoms with Crippen molar-refractivity contribution in [3.8, 4) is 0 Å². The Balaban J connectivity index is 1.98. The van der Waals surface area contributed by atoms with Crippen molar-refractivity contribution in [2.24, 2.45) is 7.05 Å². The minimum atomic E-state index is -1.17. The molecule has 1 amide bonds. The van der Waals surface area contributed by atoms with E-state index in [0.717, 1.165) is 0 Å². The van der Waals surface area contributed by atoms with E-state index in [4.69, 9.17) is 21.1 Å². The number of carboxylic acid groups (broad SMARTS) is 1. The number of amides is 1. The highest BCUT2D eigenvalue weighted by Crippen LogP contribution is 2.30. The predicted molar refractivity (Wildman–Crippen MR) is 93.8 cm³/mol. The highest BCUT2D eigenvalue weighted by molar-refractivity contribution is 6.28. The zero-order valence-electron chi connectivity index (χ0n) is 14.1. The molecule has 3 N–H and O–H groups in total. The van der Waals surface area contributed by atoms with Crippen LogP contribution in [0.4, 0.5) is 15.0 Å². The summed E-state index contributed by atoms with van der Waals surface area (Å²) >= 11 is 5.98. The van der Waals surface area contributed by atoms with Crippen molar-refractivity contribution in [1.29, 1.82) is 0 Å². The number of nitrogens with zero attached hydrogens (tertiary/aromatic N) is 3. The van der Waals surface area contributed by atoms with Crippen molar-refractivity contribution in [3.63, 3.8) is 0 Å². The summed E-state index contributed by atoms with van der Waals surface area (Å²) in [5.74, 6) is 0.387. The molecule has 3 aromatic rings. The van der Waals surface area contributed by atoms with Crippen molar-refractivity contribution in [1.82, 2.24) is 19.9 Å². The normalized spacial score (nSPS) is 12.3. The van der Waals surface area contributed by atoms with Crippen molar-refractivity contribution >= 4 is 34.5 Å². The zero-order valence-corrected chi connectivity index (χ0v) is 14.8. The van der Waals surface area contributed by atoms with Gasteiger partial charge in [-0.15, -0.1) is 0 Å². The van der Waals surface area contributed by atoms with Gasteiger partial charge < -0.3 is 24.7 Å². The molecule has 1 atom stereocenters. The summed E-state index contributed by atoms with van der Waals surface area (Å²) < 4.78 is 21.9. The average Bonchev–Trinajstić information content (AvgIpc) is 3.15. The molecule has 8 nitrogen and oxygen atoms in total. The van der Waals surface area contributed by atoms with E-state index in [-0.39, 0.29) is 22.9 Å². The molecular formula is C16H17ClFN5O3. The van der Waals surface area contributed by atoms with Crippen LogP contribution in [-0.2, 0) is 20.0 Å². The Bertz CT molecular complexity index is 941. The Kier molecular flexibility index (Phi) is 4.99. The quantitative estimate of drug-likeness (QED) is 0.566. The lowest BCUT2D eigenvalue weighted by Crippen LogP contribution is -2.33. The molecular weight excluding hydrogens is 365 g/mol. The highest BCUT2D eigenvalue weighted by atomic mass is 35.5. The Labute approximate surface area is 153 Å². The Morgan fingerprint density at radius 1 is 1.50 bits per heavy atom. The van der Waals surface area contributed by atoms with Gasteiger partial charge in [-0.05, 0) is 30.7 Å². The fourth-order valence-electron chi connectivity index (χ4n) is 2.78. The van der Waals surface area contributed by atoms with Crippen LogP contribution in [0.25, 0.3) is 11.0 Å². The molecule has 0 aliphatic rings. The maximum atomic E-state index is 15.1. The van der Waals surface area contributed by atoms with E-state index in [2.05, 4.69) is 20.6 Å². The van der Waals surface area contributed by atoms with Crippen LogP contribution in [-0.4, -0.2) is 31.8 Å². The topological polar surface area (TPSA) is 105 Å². The number of aryl methyl sites for hydroxylation is 1. The molecule has 0 aromatic carbocycles. The second-order valence-corrected chi connectivity index (χ2v) is 6.19. The molecule has 3 rings (SSSR count). The third-order valence-electron chi connectivity index (χ3n) is 3.94. The summed E-state index contributed by atoms with van der Waals surface area (Å²) in [5.41, 5.74) is 0.626. The van der Waals surface area contributed by atoms with Gasteiger partial charge in [0.1, 0.15) is 17.2 Å². The number of hydrogen-bond acceptors (Lipinski definition) is 5. The SMILES string of the molecule is C[C@@H](Cc1c(F)c2c(NCc3ccco3)nc(Cl)nc2n1C)NC(=O)O. The van der Waals surface area contributed by atoms with Gasteiger partial charge in [0.25, 0.3) is 0 Å². The summed E-state index contributed by atoms with van der Waals surface area (Å²) in [6.45, 7) is 1.95. The number of halogens is 2. The second-order valence-electron chi connectivity index (χ2n) is 5.85. The van der Waals surface area contributed by atoms with Gasteiger partial charge in [-0.1, -0.05) is 0 Å². The number of aromatic nitrogens is 3. The molecule has 138 valence electrons. The van der Waals surface area contributed by atoms with E-state index in [1.54, 1.807) is 30.7 Å². The van der Waals surface area contributed by atoms with E-state index >= 15 is 4.39 Å². The third kappa shape index (κ3) is 3.57. The second kappa shape index (κ2) is 7.20. The largest absolute Gasteiger partial charge is 0.467 e. The van der Waals surface area contributed by atoms with Gasteiger partial charge in [0.2, 0.25) is 5.28 Å². The fourth-order valence-corrected chi connectivity index (χ4v) is 2.94. The minimum Gasteiger partial charge on any atom is -0.467 e. The number of hydrogen-bond donors (Lipinski definition) is 3. The van der Waals surface area contributed by atoms with Gasteiger partial charge >= 0.3 is 6.09 Å². The molecule has 3 heterocycles. The van der Waals surface area contributed by atoms with Crippen LogP contribution in [0.2, 0.25) is 5.28 Å². The molecule has 0 unspecified atom stereocenters. The molecule has 0 aliphatic heterocycles. The molecule has 0 fully saturated rings. The van der Waals surface area contributed by atoms with E-state index in [1.807, 2.05) is 0 Å². The van der Waals surface area contributed by atoms with Gasteiger partial charge in [-0.25, -0.2) is 9.18 Å². The molecule has 0 aliphatic carbocycles. The number of anilines is 1. The van der Waals surface area contributed by atoms with Crippen LogP contribution < -0.4 is 10.6 Å². The molecule has 0 spiro atoms. The van der Waals surface area contributed by atoms with Crippen molar-refractivity contribution < 1.29 is 18.7 Å². The summed E-state index contributed by atoms with van der Waals surface area (Å²) in [6, 6.07) is 3.05. The fraction of sp³-hybridized carbons (Fsp3) is 0.312. The average molecular weight is 382 g/mol. The Hall–Kier alpha value is -2.81.